The number of piperidine rings is 1. The van der Waals surface area contributed by atoms with Gasteiger partial charge in [0.15, 0.2) is 11.4 Å². The van der Waals surface area contributed by atoms with Gasteiger partial charge in [0, 0.05) is 18.8 Å². The first-order valence-electron chi connectivity index (χ1n) is 12.6. The fourth-order valence-electron chi connectivity index (χ4n) is 5.00. The number of nitrogens with zero attached hydrogens (tertiary/aromatic N) is 4. The summed E-state index contributed by atoms with van der Waals surface area (Å²) >= 11 is 5.73. The average Bonchev–Trinajstić information content (AvgIpc) is 3.49. The molecule has 2 aromatic carbocycles. The SMILES string of the molecule is O=C(Nc1ccc(Cl)c(C(F)(F)F)c1)NC1(C(=O)N2CCCCC2)C=CC(c2ccccc2)=CC1c1nn[nH]n1. The smallest absolute Gasteiger partial charge is 0.340 e. The number of hydrogen-bond donors (Lipinski definition) is 3. The van der Waals surface area contributed by atoms with Gasteiger partial charge in [-0.05, 0) is 54.7 Å². The van der Waals surface area contributed by atoms with E-state index in [1.807, 2.05) is 30.3 Å². The van der Waals surface area contributed by atoms with E-state index in [9.17, 15) is 22.8 Å². The van der Waals surface area contributed by atoms with E-state index in [0.29, 0.717) is 13.1 Å². The fraction of sp³-hybridized carbons (Fsp3) is 0.296. The molecule has 13 heteroatoms. The second kappa shape index (κ2) is 11.1. The van der Waals surface area contributed by atoms with Crippen molar-refractivity contribution in [3.8, 4) is 0 Å². The highest BCUT2D eigenvalue weighted by atomic mass is 35.5. The predicted molar refractivity (Wildman–Crippen MR) is 142 cm³/mol. The molecular weight excluding hydrogens is 547 g/mol. The minimum atomic E-state index is -4.72. The molecule has 9 nitrogen and oxygen atoms in total. The minimum Gasteiger partial charge on any atom is -0.340 e. The molecule has 2 heterocycles. The average molecular weight is 572 g/mol. The molecule has 2 atom stereocenters. The van der Waals surface area contributed by atoms with E-state index in [0.717, 1.165) is 42.5 Å². The molecule has 0 spiro atoms. The van der Waals surface area contributed by atoms with Crippen LogP contribution in [-0.2, 0) is 11.0 Å². The number of alkyl halides is 3. The number of H-pyrrole nitrogens is 1. The third-order valence-electron chi connectivity index (χ3n) is 6.96. The summed E-state index contributed by atoms with van der Waals surface area (Å²) in [6.45, 7) is 0.996. The number of tetrazole rings is 1. The van der Waals surface area contributed by atoms with Crippen molar-refractivity contribution >= 4 is 34.8 Å². The van der Waals surface area contributed by atoms with E-state index >= 15 is 0 Å². The maximum Gasteiger partial charge on any atom is 0.417 e. The number of hydrogen-bond acceptors (Lipinski definition) is 5. The number of aromatic amines is 1. The summed E-state index contributed by atoms with van der Waals surface area (Å²) in [5.74, 6) is -1.11. The van der Waals surface area contributed by atoms with Gasteiger partial charge < -0.3 is 15.5 Å². The van der Waals surface area contributed by atoms with Crippen molar-refractivity contribution in [2.24, 2.45) is 0 Å². The van der Waals surface area contributed by atoms with Crippen molar-refractivity contribution in [3.63, 3.8) is 0 Å². The van der Waals surface area contributed by atoms with E-state index in [1.165, 1.54) is 6.07 Å². The highest BCUT2D eigenvalue weighted by Gasteiger charge is 2.50. The molecule has 0 bridgehead atoms. The number of anilines is 1. The lowest BCUT2D eigenvalue weighted by Gasteiger charge is -2.41. The number of likely N-dealkylation sites (tertiary alicyclic amines) is 1. The van der Waals surface area contributed by atoms with Gasteiger partial charge in [0.05, 0.1) is 16.5 Å². The summed E-state index contributed by atoms with van der Waals surface area (Å²) in [4.78, 5) is 29.2. The zero-order valence-electron chi connectivity index (χ0n) is 21.1. The van der Waals surface area contributed by atoms with E-state index < -0.39 is 34.3 Å². The number of nitrogens with one attached hydrogen (secondary N) is 3. The first-order chi connectivity index (χ1) is 19.2. The van der Waals surface area contributed by atoms with Crippen LogP contribution in [0.25, 0.3) is 5.57 Å². The molecule has 3 N–H and O–H groups in total. The van der Waals surface area contributed by atoms with Gasteiger partial charge in [-0.1, -0.05) is 59.3 Å². The Hall–Kier alpha value is -4.19. The zero-order chi connectivity index (χ0) is 28.3. The second-order valence-corrected chi connectivity index (χ2v) is 9.97. The maximum atomic E-state index is 14.2. The predicted octanol–water partition coefficient (Wildman–Crippen LogP) is 5.18. The third kappa shape index (κ3) is 5.57. The number of halogens is 4. The monoisotopic (exact) mass is 571 g/mol. The molecule has 5 rings (SSSR count). The quantitative estimate of drug-likeness (QED) is 0.390. The normalized spacial score (nSPS) is 21.1. The molecule has 0 radical (unpaired) electrons. The van der Waals surface area contributed by atoms with E-state index in [4.69, 9.17) is 11.6 Å². The lowest BCUT2D eigenvalue weighted by Crippen LogP contribution is -2.63. The Morgan fingerprint density at radius 2 is 1.82 bits per heavy atom. The van der Waals surface area contributed by atoms with Gasteiger partial charge in [0.2, 0.25) is 0 Å². The first-order valence-corrected chi connectivity index (χ1v) is 13.0. The van der Waals surface area contributed by atoms with Crippen LogP contribution in [-0.4, -0.2) is 56.1 Å². The van der Waals surface area contributed by atoms with Crippen LogP contribution in [0.15, 0.2) is 66.8 Å². The zero-order valence-corrected chi connectivity index (χ0v) is 21.8. The fourth-order valence-corrected chi connectivity index (χ4v) is 5.22. The summed E-state index contributed by atoms with van der Waals surface area (Å²) in [5.41, 5.74) is -1.29. The van der Waals surface area contributed by atoms with Gasteiger partial charge in [0.25, 0.3) is 5.91 Å². The lowest BCUT2D eigenvalue weighted by molar-refractivity contribution is -0.138. The number of allylic oxidation sites excluding steroid dienone is 2. The van der Waals surface area contributed by atoms with Crippen molar-refractivity contribution < 1.29 is 22.8 Å². The topological polar surface area (TPSA) is 116 Å². The number of benzene rings is 2. The van der Waals surface area contributed by atoms with Crippen molar-refractivity contribution in [1.82, 2.24) is 30.8 Å². The van der Waals surface area contributed by atoms with Crippen LogP contribution in [0.1, 0.15) is 42.1 Å². The number of urea groups is 1. The molecule has 208 valence electrons. The van der Waals surface area contributed by atoms with Gasteiger partial charge in [0.1, 0.15) is 0 Å². The Kier molecular flexibility index (Phi) is 7.61. The highest BCUT2D eigenvalue weighted by Crippen LogP contribution is 2.39. The maximum absolute atomic E-state index is 14.2. The van der Waals surface area contributed by atoms with Crippen LogP contribution < -0.4 is 10.6 Å². The number of carbonyl (C=O) groups is 2. The van der Waals surface area contributed by atoms with Gasteiger partial charge >= 0.3 is 12.2 Å². The van der Waals surface area contributed by atoms with Crippen LogP contribution in [0.3, 0.4) is 0 Å². The second-order valence-electron chi connectivity index (χ2n) is 9.56. The molecule has 1 saturated heterocycles. The Morgan fingerprint density at radius 3 is 2.50 bits per heavy atom. The van der Waals surface area contributed by atoms with Crippen molar-refractivity contribution in [2.45, 2.75) is 36.9 Å². The van der Waals surface area contributed by atoms with Crippen LogP contribution in [0.2, 0.25) is 5.02 Å². The van der Waals surface area contributed by atoms with Crippen LogP contribution in [0, 0.1) is 0 Å². The molecule has 0 saturated carbocycles. The molecule has 2 unspecified atom stereocenters. The Morgan fingerprint density at radius 1 is 1.07 bits per heavy atom. The van der Waals surface area contributed by atoms with Crippen LogP contribution in [0.5, 0.6) is 0 Å². The number of carbonyl (C=O) groups excluding carboxylic acids is 2. The highest BCUT2D eigenvalue weighted by molar-refractivity contribution is 6.31. The molecule has 1 aliphatic carbocycles. The molecule has 1 fully saturated rings. The molecule has 3 amide bonds. The Bertz CT molecular complexity index is 1440. The molecule has 1 aromatic heterocycles. The van der Waals surface area contributed by atoms with E-state index in [-0.39, 0.29) is 17.4 Å². The van der Waals surface area contributed by atoms with Gasteiger partial charge in [-0.3, -0.25) is 4.79 Å². The van der Waals surface area contributed by atoms with E-state index in [2.05, 4.69) is 31.3 Å². The molecule has 40 heavy (non-hydrogen) atoms. The summed E-state index contributed by atoms with van der Waals surface area (Å²) < 4.78 is 40.2. The first kappa shape index (κ1) is 27.4. The van der Waals surface area contributed by atoms with Gasteiger partial charge in [-0.15, -0.1) is 10.2 Å². The van der Waals surface area contributed by atoms with Crippen molar-refractivity contribution in [1.29, 1.82) is 0 Å². The summed E-state index contributed by atoms with van der Waals surface area (Å²) in [7, 11) is 0. The standard InChI is InChI=1S/C27H25ClF3N7O2/c28-22-10-9-19(16-20(22)27(29,30)31)32-25(40)33-26(24(39)38-13-5-2-6-14-38)12-11-18(17-7-3-1-4-8-17)15-21(26)23-34-36-37-35-23/h1,3-4,7-12,15-16,21H,2,5-6,13-14H2,(H2,32,33,40)(H,34,35,36,37). The lowest BCUT2D eigenvalue weighted by atomic mass is 9.75. The molecule has 1 aliphatic heterocycles. The number of aromatic nitrogens is 4. The number of amides is 3. The molecular formula is C27H25ClF3N7O2. The third-order valence-corrected chi connectivity index (χ3v) is 7.29. The van der Waals surface area contributed by atoms with Crippen molar-refractivity contribution in [3.05, 3.63) is 88.7 Å². The van der Waals surface area contributed by atoms with Gasteiger partial charge in [-0.25, -0.2) is 4.79 Å². The van der Waals surface area contributed by atoms with Crippen LogP contribution in [0.4, 0.5) is 23.7 Å². The summed E-state index contributed by atoms with van der Waals surface area (Å²) in [6.07, 6.45) is 2.98. The minimum absolute atomic E-state index is 0.147. The summed E-state index contributed by atoms with van der Waals surface area (Å²) in [6, 6.07) is 11.6. The summed E-state index contributed by atoms with van der Waals surface area (Å²) in [5, 5.41) is 19.0. The Labute approximate surface area is 232 Å². The number of rotatable bonds is 5. The van der Waals surface area contributed by atoms with Gasteiger partial charge in [-0.2, -0.15) is 18.4 Å². The van der Waals surface area contributed by atoms with Crippen LogP contribution >= 0.6 is 11.6 Å². The Balaban J connectivity index is 1.53. The van der Waals surface area contributed by atoms with E-state index in [1.54, 1.807) is 23.1 Å². The molecule has 2 aliphatic rings. The largest absolute Gasteiger partial charge is 0.417 e. The molecule has 3 aromatic rings. The van der Waals surface area contributed by atoms with Crippen molar-refractivity contribution in [2.75, 3.05) is 18.4 Å².